The van der Waals surface area contributed by atoms with E-state index in [-0.39, 0.29) is 33.6 Å². The average molecular weight is 474 g/mol. The molecular weight excluding hydrogens is 459 g/mol. The van der Waals surface area contributed by atoms with Gasteiger partial charge in [-0.2, -0.15) is 5.10 Å². The molecule has 0 fully saturated rings. The van der Waals surface area contributed by atoms with Gasteiger partial charge in [0, 0.05) is 40.7 Å². The van der Waals surface area contributed by atoms with E-state index in [4.69, 9.17) is 28.3 Å². The molecule has 0 spiro atoms. The SMILES string of the molecule is OCCn1cc(-c2cnc3ccn4c(C(F)F)c(-c5c(Cl)cccc5Cl)nc4c3c2)cn1. The van der Waals surface area contributed by atoms with Crippen LogP contribution in [0.25, 0.3) is 38.9 Å². The van der Waals surface area contributed by atoms with E-state index < -0.39 is 6.43 Å². The van der Waals surface area contributed by atoms with Crippen LogP contribution in [0.2, 0.25) is 10.0 Å². The Kier molecular flexibility index (Phi) is 5.28. The van der Waals surface area contributed by atoms with E-state index in [1.54, 1.807) is 47.5 Å². The molecule has 0 amide bonds. The summed E-state index contributed by atoms with van der Waals surface area (Å²) in [5.74, 6) is 0. The standard InChI is InChI=1S/C22H15Cl2F2N5O/c23-15-2-1-3-16(24)18(15)19-20(21(25)26)31-5-4-17-14(22(31)29-19)8-12(9-27-17)13-10-28-30(11-13)6-7-32/h1-5,8-11,21,32H,6-7H2. The minimum absolute atomic E-state index is 0.0317. The second-order valence-electron chi connectivity index (χ2n) is 7.12. The van der Waals surface area contributed by atoms with Crippen molar-refractivity contribution in [2.24, 2.45) is 0 Å². The normalized spacial score (nSPS) is 11.8. The monoisotopic (exact) mass is 473 g/mol. The van der Waals surface area contributed by atoms with Gasteiger partial charge in [-0.3, -0.25) is 14.1 Å². The lowest BCUT2D eigenvalue weighted by molar-refractivity contribution is 0.146. The second-order valence-corrected chi connectivity index (χ2v) is 7.94. The minimum Gasteiger partial charge on any atom is -0.394 e. The molecule has 162 valence electrons. The van der Waals surface area contributed by atoms with Crippen molar-refractivity contribution in [3.63, 3.8) is 0 Å². The molecule has 0 saturated heterocycles. The Bertz CT molecular complexity index is 1440. The fourth-order valence-electron chi connectivity index (χ4n) is 3.73. The molecule has 1 N–H and O–H groups in total. The first-order chi connectivity index (χ1) is 15.5. The Morgan fingerprint density at radius 2 is 1.84 bits per heavy atom. The summed E-state index contributed by atoms with van der Waals surface area (Å²) in [7, 11) is 0. The van der Waals surface area contributed by atoms with Gasteiger partial charge in [-0.1, -0.05) is 29.3 Å². The molecule has 0 unspecified atom stereocenters. The number of hydrogen-bond donors (Lipinski definition) is 1. The number of hydrogen-bond acceptors (Lipinski definition) is 4. The van der Waals surface area contributed by atoms with Gasteiger partial charge < -0.3 is 5.11 Å². The molecule has 4 heterocycles. The lowest BCUT2D eigenvalue weighted by atomic mass is 10.1. The Morgan fingerprint density at radius 3 is 2.56 bits per heavy atom. The first-order valence-corrected chi connectivity index (χ1v) is 10.4. The number of nitrogens with zero attached hydrogens (tertiary/aromatic N) is 5. The van der Waals surface area contributed by atoms with Gasteiger partial charge in [0.15, 0.2) is 0 Å². The zero-order valence-electron chi connectivity index (χ0n) is 16.4. The van der Waals surface area contributed by atoms with Gasteiger partial charge in [-0.05, 0) is 24.3 Å². The van der Waals surface area contributed by atoms with Crippen LogP contribution in [0.1, 0.15) is 12.1 Å². The van der Waals surface area contributed by atoms with E-state index in [0.29, 0.717) is 23.1 Å². The van der Waals surface area contributed by atoms with E-state index >= 15 is 0 Å². The zero-order valence-corrected chi connectivity index (χ0v) is 17.9. The predicted octanol–water partition coefficient (Wildman–Crippen LogP) is 5.65. The maximum absolute atomic E-state index is 14.2. The minimum atomic E-state index is -2.81. The lowest BCUT2D eigenvalue weighted by Gasteiger charge is -2.07. The van der Waals surface area contributed by atoms with Gasteiger partial charge in [0.2, 0.25) is 0 Å². The molecule has 0 radical (unpaired) electrons. The molecule has 0 bridgehead atoms. The first kappa shape index (κ1) is 20.8. The van der Waals surface area contributed by atoms with Gasteiger partial charge in [0.25, 0.3) is 6.43 Å². The Morgan fingerprint density at radius 1 is 1.06 bits per heavy atom. The Labute approximate surface area is 190 Å². The summed E-state index contributed by atoms with van der Waals surface area (Å²) in [4.78, 5) is 9.02. The number of aliphatic hydroxyl groups is 1. The highest BCUT2D eigenvalue weighted by atomic mass is 35.5. The van der Waals surface area contributed by atoms with Crippen LogP contribution in [0.3, 0.4) is 0 Å². The molecule has 32 heavy (non-hydrogen) atoms. The number of aliphatic hydroxyl groups excluding tert-OH is 1. The van der Waals surface area contributed by atoms with Crippen molar-refractivity contribution in [3.05, 3.63) is 70.9 Å². The van der Waals surface area contributed by atoms with Crippen LogP contribution >= 0.6 is 23.2 Å². The summed E-state index contributed by atoms with van der Waals surface area (Å²) < 4.78 is 31.3. The highest BCUT2D eigenvalue weighted by Gasteiger charge is 2.26. The molecule has 6 nitrogen and oxygen atoms in total. The van der Waals surface area contributed by atoms with Gasteiger partial charge in [-0.25, -0.2) is 13.8 Å². The molecular formula is C22H15Cl2F2N5O. The van der Waals surface area contributed by atoms with Gasteiger partial charge in [0.05, 0.1) is 34.9 Å². The molecule has 0 aliphatic carbocycles. The van der Waals surface area contributed by atoms with Gasteiger partial charge >= 0.3 is 0 Å². The van der Waals surface area contributed by atoms with Crippen molar-refractivity contribution in [3.8, 4) is 22.4 Å². The lowest BCUT2D eigenvalue weighted by Crippen LogP contribution is -2.01. The molecule has 4 aromatic heterocycles. The highest BCUT2D eigenvalue weighted by molar-refractivity contribution is 6.39. The number of aromatic nitrogens is 5. The summed E-state index contributed by atoms with van der Waals surface area (Å²) in [5, 5.41) is 14.4. The molecule has 0 aliphatic heterocycles. The van der Waals surface area contributed by atoms with Crippen molar-refractivity contribution in [1.29, 1.82) is 0 Å². The molecule has 0 saturated carbocycles. The van der Waals surface area contributed by atoms with Crippen LogP contribution < -0.4 is 0 Å². The predicted molar refractivity (Wildman–Crippen MR) is 119 cm³/mol. The van der Waals surface area contributed by atoms with E-state index in [1.165, 1.54) is 10.6 Å². The van der Waals surface area contributed by atoms with Crippen molar-refractivity contribution >= 4 is 39.8 Å². The molecule has 0 aliphatic rings. The number of halogens is 4. The molecule has 1 aromatic carbocycles. The smallest absolute Gasteiger partial charge is 0.280 e. The van der Waals surface area contributed by atoms with E-state index in [9.17, 15) is 8.78 Å². The fourth-order valence-corrected chi connectivity index (χ4v) is 4.31. The third kappa shape index (κ3) is 3.40. The molecule has 0 atom stereocenters. The number of imidazole rings is 1. The third-order valence-corrected chi connectivity index (χ3v) is 5.82. The average Bonchev–Trinajstić information content (AvgIpc) is 3.38. The van der Waals surface area contributed by atoms with Crippen molar-refractivity contribution in [1.82, 2.24) is 24.1 Å². The molecule has 5 rings (SSSR count). The number of benzene rings is 1. The van der Waals surface area contributed by atoms with Gasteiger partial charge in [-0.15, -0.1) is 0 Å². The van der Waals surface area contributed by atoms with Crippen LogP contribution in [0, 0.1) is 0 Å². The number of pyridine rings is 2. The number of rotatable bonds is 5. The maximum atomic E-state index is 14.2. The third-order valence-electron chi connectivity index (χ3n) is 5.19. The number of alkyl halides is 2. The second kappa shape index (κ2) is 8.12. The van der Waals surface area contributed by atoms with Crippen LogP contribution in [0.15, 0.2) is 55.1 Å². The summed E-state index contributed by atoms with van der Waals surface area (Å²) in [6, 6.07) is 8.31. The van der Waals surface area contributed by atoms with E-state index in [1.807, 2.05) is 6.07 Å². The summed E-state index contributed by atoms with van der Waals surface area (Å²) in [6.45, 7) is 0.334. The van der Waals surface area contributed by atoms with Crippen molar-refractivity contribution < 1.29 is 13.9 Å². The fraction of sp³-hybridized carbons (Fsp3) is 0.136. The van der Waals surface area contributed by atoms with Crippen molar-refractivity contribution in [2.45, 2.75) is 13.0 Å². The van der Waals surface area contributed by atoms with Crippen LogP contribution in [0.4, 0.5) is 8.78 Å². The van der Waals surface area contributed by atoms with Crippen LogP contribution in [-0.4, -0.2) is 35.9 Å². The highest BCUT2D eigenvalue weighted by Crippen LogP contribution is 2.40. The summed E-state index contributed by atoms with van der Waals surface area (Å²) in [5.41, 5.74) is 2.45. The number of fused-ring (bicyclic) bond motifs is 3. The summed E-state index contributed by atoms with van der Waals surface area (Å²) in [6.07, 6.45) is 3.83. The van der Waals surface area contributed by atoms with E-state index in [0.717, 1.165) is 11.1 Å². The van der Waals surface area contributed by atoms with Gasteiger partial charge in [0.1, 0.15) is 17.0 Å². The quantitative estimate of drug-likeness (QED) is 0.358. The summed E-state index contributed by atoms with van der Waals surface area (Å²) >= 11 is 12.6. The largest absolute Gasteiger partial charge is 0.394 e. The van der Waals surface area contributed by atoms with Crippen LogP contribution in [-0.2, 0) is 6.54 Å². The van der Waals surface area contributed by atoms with Crippen molar-refractivity contribution in [2.75, 3.05) is 6.61 Å². The molecule has 5 aromatic rings. The Hall–Kier alpha value is -3.07. The first-order valence-electron chi connectivity index (χ1n) is 9.65. The molecule has 10 heteroatoms. The van der Waals surface area contributed by atoms with Crippen LogP contribution in [0.5, 0.6) is 0 Å². The zero-order chi connectivity index (χ0) is 22.4. The topological polar surface area (TPSA) is 68.2 Å². The Balaban J connectivity index is 1.77. The van der Waals surface area contributed by atoms with E-state index in [2.05, 4.69) is 15.1 Å². The maximum Gasteiger partial charge on any atom is 0.280 e.